The first-order valence-corrected chi connectivity index (χ1v) is 16.0. The summed E-state index contributed by atoms with van der Waals surface area (Å²) in [4.78, 5) is 49.4. The van der Waals surface area contributed by atoms with Gasteiger partial charge < -0.3 is 26.2 Å². The fourth-order valence-corrected chi connectivity index (χ4v) is 6.29. The number of aliphatic carboxylic acids is 1. The lowest BCUT2D eigenvalue weighted by molar-refractivity contribution is -0.155. The Labute approximate surface area is 269 Å². The predicted molar refractivity (Wildman–Crippen MR) is 177 cm³/mol. The minimum atomic E-state index is -1.21. The molecule has 5 N–H and O–H groups in total. The van der Waals surface area contributed by atoms with Gasteiger partial charge in [0.05, 0.1) is 4.75 Å². The molecule has 0 aliphatic rings. The van der Waals surface area contributed by atoms with Crippen LogP contribution in [0.5, 0.6) is 0 Å². The number of nitrogens with one attached hydrogen (secondary N) is 2. The van der Waals surface area contributed by atoms with Crippen molar-refractivity contribution >= 4 is 35.5 Å². The molecule has 3 rings (SSSR count). The van der Waals surface area contributed by atoms with Crippen LogP contribution in [0.15, 0.2) is 91.0 Å². The van der Waals surface area contributed by atoms with Gasteiger partial charge in [-0.15, -0.1) is 11.8 Å². The first-order chi connectivity index (χ1) is 21.4. The molecule has 0 aromatic heterocycles. The highest BCUT2D eigenvalue weighted by Crippen LogP contribution is 2.48. The summed E-state index contributed by atoms with van der Waals surface area (Å²) >= 11 is 1.69. The Hall–Kier alpha value is -4.15. The maximum atomic E-state index is 13.4. The molecule has 240 valence electrons. The van der Waals surface area contributed by atoms with Crippen molar-refractivity contribution in [3.05, 3.63) is 108 Å². The molecule has 10 heteroatoms. The van der Waals surface area contributed by atoms with Crippen molar-refractivity contribution in [3.63, 3.8) is 0 Å². The molecule has 2 atom stereocenters. The molecular weight excluding hydrogens is 590 g/mol. The summed E-state index contributed by atoms with van der Waals surface area (Å²) in [5.74, 6) is -2.14. The second-order valence-corrected chi connectivity index (χ2v) is 13.0. The molecule has 0 saturated carbocycles. The Kier molecular flexibility index (Phi) is 13.2. The molecule has 45 heavy (non-hydrogen) atoms. The third kappa shape index (κ3) is 10.8. The number of nitrogens with two attached hydrogens (primary N) is 1. The van der Waals surface area contributed by atoms with E-state index in [2.05, 4.69) is 47.0 Å². The summed E-state index contributed by atoms with van der Waals surface area (Å²) in [5, 5.41) is 14.6. The number of hydrogen-bond donors (Lipinski definition) is 4. The van der Waals surface area contributed by atoms with Crippen LogP contribution in [0.1, 0.15) is 63.1 Å². The van der Waals surface area contributed by atoms with E-state index in [0.717, 1.165) is 16.7 Å². The highest BCUT2D eigenvalue weighted by Gasteiger charge is 2.36. The van der Waals surface area contributed by atoms with Gasteiger partial charge in [-0.2, -0.15) is 0 Å². The summed E-state index contributed by atoms with van der Waals surface area (Å²) in [7, 11) is 0. The van der Waals surface area contributed by atoms with E-state index in [-0.39, 0.29) is 25.7 Å². The van der Waals surface area contributed by atoms with Crippen LogP contribution in [-0.2, 0) is 28.7 Å². The number of rotatable bonds is 16. The van der Waals surface area contributed by atoms with Gasteiger partial charge in [0.15, 0.2) is 0 Å². The van der Waals surface area contributed by atoms with E-state index in [9.17, 15) is 19.2 Å². The van der Waals surface area contributed by atoms with Crippen molar-refractivity contribution < 1.29 is 29.0 Å². The summed E-state index contributed by atoms with van der Waals surface area (Å²) in [6.07, 6.45) is -0.323. The number of carboxylic acids is 1. The normalized spacial score (nSPS) is 12.9. The van der Waals surface area contributed by atoms with Gasteiger partial charge in [0.1, 0.15) is 17.7 Å². The number of benzene rings is 3. The Morgan fingerprint density at radius 1 is 0.800 bits per heavy atom. The van der Waals surface area contributed by atoms with Gasteiger partial charge in [-0.05, 0) is 50.3 Å². The van der Waals surface area contributed by atoms with Gasteiger partial charge >= 0.3 is 11.9 Å². The van der Waals surface area contributed by atoms with E-state index in [0.29, 0.717) is 12.3 Å². The zero-order chi connectivity index (χ0) is 32.9. The quantitative estimate of drug-likeness (QED) is 0.101. The van der Waals surface area contributed by atoms with Gasteiger partial charge in [0.2, 0.25) is 11.8 Å². The monoisotopic (exact) mass is 633 g/mol. The van der Waals surface area contributed by atoms with Crippen LogP contribution in [0.2, 0.25) is 0 Å². The van der Waals surface area contributed by atoms with Crippen LogP contribution >= 0.6 is 11.8 Å². The molecule has 0 aliphatic heterocycles. The Bertz CT molecular complexity index is 1300. The van der Waals surface area contributed by atoms with Crippen LogP contribution in [0.3, 0.4) is 0 Å². The van der Waals surface area contributed by atoms with Crippen molar-refractivity contribution in [3.8, 4) is 0 Å². The number of amides is 2. The third-order valence-corrected chi connectivity index (χ3v) is 8.52. The number of ether oxygens (including phenoxy) is 1. The van der Waals surface area contributed by atoms with Crippen LogP contribution in [0.25, 0.3) is 0 Å². The van der Waals surface area contributed by atoms with E-state index in [1.54, 1.807) is 32.5 Å². The van der Waals surface area contributed by atoms with Crippen molar-refractivity contribution in [2.24, 2.45) is 5.73 Å². The standard InChI is InChI=1S/C35H43N3O6S/c1-34(2,3)44-31(40)22-20-29(38-30(39)21-19-28(36)33(42)43)32(41)37-23-24-45-35(25-13-7-4-8-14-25,26-15-9-5-10-16-26)27-17-11-6-12-18-27/h4-18,28-29H,19-24,36H2,1-3H3,(H,37,41)(H,38,39)(H,42,43)/t28-,29-/m0/s1. The molecule has 0 bridgehead atoms. The SMILES string of the molecule is CC(C)(C)OC(=O)CC[C@H](NC(=O)CC[C@H](N)C(=O)O)C(=O)NCCSC(c1ccccc1)(c1ccccc1)c1ccccc1. The molecule has 0 aliphatic carbocycles. The summed E-state index contributed by atoms with van der Waals surface area (Å²) in [6, 6.07) is 28.4. The summed E-state index contributed by atoms with van der Waals surface area (Å²) < 4.78 is 4.82. The highest BCUT2D eigenvalue weighted by molar-refractivity contribution is 8.00. The van der Waals surface area contributed by atoms with Crippen LogP contribution in [-0.4, -0.2) is 58.8 Å². The van der Waals surface area contributed by atoms with E-state index in [4.69, 9.17) is 15.6 Å². The lowest BCUT2D eigenvalue weighted by Gasteiger charge is -2.35. The Morgan fingerprint density at radius 3 is 1.73 bits per heavy atom. The molecule has 0 radical (unpaired) electrons. The zero-order valence-electron chi connectivity index (χ0n) is 26.0. The maximum Gasteiger partial charge on any atom is 0.320 e. The molecule has 3 aromatic rings. The fraction of sp³-hybridized carbons (Fsp3) is 0.371. The van der Waals surface area contributed by atoms with E-state index in [1.165, 1.54) is 0 Å². The van der Waals surface area contributed by atoms with Gasteiger partial charge in [0.25, 0.3) is 0 Å². The molecule has 0 heterocycles. The topological polar surface area (TPSA) is 148 Å². The Balaban J connectivity index is 1.75. The predicted octanol–water partition coefficient (Wildman–Crippen LogP) is 4.63. The molecular formula is C35H43N3O6S. The number of carbonyl (C=O) groups is 4. The number of thioether (sulfide) groups is 1. The molecule has 0 fully saturated rings. The largest absolute Gasteiger partial charge is 0.480 e. The van der Waals surface area contributed by atoms with Gasteiger partial charge in [-0.3, -0.25) is 19.2 Å². The second kappa shape index (κ2) is 16.8. The fourth-order valence-electron chi connectivity index (χ4n) is 4.87. The lowest BCUT2D eigenvalue weighted by Crippen LogP contribution is -2.48. The second-order valence-electron chi connectivity index (χ2n) is 11.6. The highest BCUT2D eigenvalue weighted by atomic mass is 32.2. The molecule has 0 saturated heterocycles. The number of carboxylic acid groups (broad SMARTS) is 1. The van der Waals surface area contributed by atoms with Crippen molar-refractivity contribution in [2.75, 3.05) is 12.3 Å². The minimum absolute atomic E-state index is 0.0204. The van der Waals surface area contributed by atoms with Crippen molar-refractivity contribution in [1.82, 2.24) is 10.6 Å². The van der Waals surface area contributed by atoms with Crippen molar-refractivity contribution in [2.45, 2.75) is 68.9 Å². The lowest BCUT2D eigenvalue weighted by atomic mass is 9.84. The maximum absolute atomic E-state index is 13.4. The average molecular weight is 634 g/mol. The first-order valence-electron chi connectivity index (χ1n) is 15.0. The number of hydrogen-bond acceptors (Lipinski definition) is 7. The van der Waals surface area contributed by atoms with Gasteiger partial charge in [-0.1, -0.05) is 91.0 Å². The number of esters is 1. The minimum Gasteiger partial charge on any atom is -0.480 e. The third-order valence-electron chi connectivity index (χ3n) is 6.97. The molecule has 9 nitrogen and oxygen atoms in total. The van der Waals surface area contributed by atoms with E-state index < -0.39 is 46.2 Å². The summed E-state index contributed by atoms with van der Waals surface area (Å²) in [5.41, 5.74) is 8.14. The number of carbonyl (C=O) groups excluding carboxylic acids is 3. The average Bonchev–Trinajstić information content (AvgIpc) is 3.02. The smallest absolute Gasteiger partial charge is 0.320 e. The van der Waals surface area contributed by atoms with Crippen LogP contribution in [0.4, 0.5) is 0 Å². The zero-order valence-corrected chi connectivity index (χ0v) is 26.8. The van der Waals surface area contributed by atoms with Crippen LogP contribution < -0.4 is 16.4 Å². The summed E-state index contributed by atoms with van der Waals surface area (Å²) in [6.45, 7) is 5.54. The van der Waals surface area contributed by atoms with Gasteiger partial charge in [0, 0.05) is 25.1 Å². The van der Waals surface area contributed by atoms with Crippen LogP contribution in [0, 0.1) is 0 Å². The molecule has 3 aromatic carbocycles. The van der Waals surface area contributed by atoms with E-state index in [1.807, 2.05) is 54.6 Å². The molecule has 0 spiro atoms. The Morgan fingerprint density at radius 2 is 1.29 bits per heavy atom. The van der Waals surface area contributed by atoms with Crippen molar-refractivity contribution in [1.29, 1.82) is 0 Å². The van der Waals surface area contributed by atoms with E-state index >= 15 is 0 Å². The first kappa shape index (κ1) is 35.3. The molecule has 2 amide bonds. The van der Waals surface area contributed by atoms with Gasteiger partial charge in [-0.25, -0.2) is 0 Å². The molecule has 0 unspecified atom stereocenters.